The molecule has 0 saturated carbocycles. The number of halogens is 3. The maximum atomic E-state index is 13.0. The highest BCUT2D eigenvalue weighted by atomic mass is 19.4. The van der Waals surface area contributed by atoms with E-state index in [0.29, 0.717) is 19.4 Å². The van der Waals surface area contributed by atoms with Crippen molar-refractivity contribution in [3.05, 3.63) is 0 Å². The van der Waals surface area contributed by atoms with E-state index in [1.54, 1.807) is 0 Å². The van der Waals surface area contributed by atoms with Gasteiger partial charge in [-0.15, -0.1) is 0 Å². The van der Waals surface area contributed by atoms with Gasteiger partial charge in [-0.25, -0.2) is 0 Å². The first-order valence-corrected chi connectivity index (χ1v) is 6.16. The molecule has 1 rings (SSSR count). The van der Waals surface area contributed by atoms with Gasteiger partial charge in [-0.1, -0.05) is 6.42 Å². The number of nitrogens with zero attached hydrogens (tertiary/aromatic N) is 1. The van der Waals surface area contributed by atoms with Gasteiger partial charge in [0, 0.05) is 7.05 Å². The lowest BCUT2D eigenvalue weighted by atomic mass is 9.97. The van der Waals surface area contributed by atoms with E-state index in [2.05, 4.69) is 5.32 Å². The molecule has 1 aliphatic heterocycles. The van der Waals surface area contributed by atoms with E-state index >= 15 is 0 Å². The van der Waals surface area contributed by atoms with Gasteiger partial charge in [-0.2, -0.15) is 13.2 Å². The van der Waals surface area contributed by atoms with Crippen LogP contribution in [0.15, 0.2) is 0 Å². The number of hydrogen-bond acceptors (Lipinski definition) is 3. The minimum Gasteiger partial charge on any atom is -0.358 e. The predicted molar refractivity (Wildman–Crippen MR) is 61.9 cm³/mol. The lowest BCUT2D eigenvalue weighted by Crippen LogP contribution is -2.57. The number of carbonyl (C=O) groups is 1. The van der Waals surface area contributed by atoms with E-state index in [0.717, 1.165) is 6.42 Å². The second-order valence-electron chi connectivity index (χ2n) is 4.50. The molecule has 2 atom stereocenters. The molecule has 1 heterocycles. The summed E-state index contributed by atoms with van der Waals surface area (Å²) in [5, 5.41) is 2.43. The molecule has 2 unspecified atom stereocenters. The molecule has 0 spiro atoms. The summed E-state index contributed by atoms with van der Waals surface area (Å²) in [6.07, 6.45) is -2.58. The second-order valence-corrected chi connectivity index (χ2v) is 4.50. The van der Waals surface area contributed by atoms with Crippen molar-refractivity contribution in [2.45, 2.75) is 43.9 Å². The van der Waals surface area contributed by atoms with E-state index in [4.69, 9.17) is 5.73 Å². The van der Waals surface area contributed by atoms with Crippen molar-refractivity contribution in [1.82, 2.24) is 10.2 Å². The summed E-state index contributed by atoms with van der Waals surface area (Å²) in [5.41, 5.74) is 5.26. The van der Waals surface area contributed by atoms with Gasteiger partial charge in [0.15, 0.2) is 0 Å². The molecule has 3 N–H and O–H groups in total. The Hall–Kier alpha value is -0.820. The number of piperidine rings is 1. The van der Waals surface area contributed by atoms with Crippen LogP contribution >= 0.6 is 0 Å². The number of hydrogen-bond donors (Lipinski definition) is 2. The lowest BCUT2D eigenvalue weighted by molar-refractivity contribution is -0.194. The molecule has 4 nitrogen and oxygen atoms in total. The first kappa shape index (κ1) is 15.2. The van der Waals surface area contributed by atoms with Crippen LogP contribution in [0.25, 0.3) is 0 Å². The standard InChI is InChI=1S/C11H20F3N3O/c1-16-10(18)8-4-2-3-7-17(8)9(5-6-15)11(12,13)14/h8-9H,2-7,15H2,1H3,(H,16,18). The number of nitrogens with one attached hydrogen (secondary N) is 1. The molecule has 1 aliphatic rings. The van der Waals surface area contributed by atoms with E-state index in [1.165, 1.54) is 11.9 Å². The highest BCUT2D eigenvalue weighted by molar-refractivity contribution is 5.81. The third kappa shape index (κ3) is 3.58. The Labute approximate surface area is 105 Å². The van der Waals surface area contributed by atoms with Gasteiger partial charge in [0.25, 0.3) is 0 Å². The minimum atomic E-state index is -4.34. The van der Waals surface area contributed by atoms with Crippen molar-refractivity contribution in [3.63, 3.8) is 0 Å². The highest BCUT2D eigenvalue weighted by Gasteiger charge is 2.46. The summed E-state index contributed by atoms with van der Waals surface area (Å²) in [6.45, 7) is 0.253. The van der Waals surface area contributed by atoms with Crippen LogP contribution in [-0.4, -0.2) is 49.2 Å². The van der Waals surface area contributed by atoms with Gasteiger partial charge >= 0.3 is 6.18 Å². The van der Waals surface area contributed by atoms with Gasteiger partial charge in [-0.05, 0) is 32.4 Å². The Kier molecular flexibility index (Phi) is 5.40. The van der Waals surface area contributed by atoms with Crippen LogP contribution < -0.4 is 11.1 Å². The van der Waals surface area contributed by atoms with Crippen LogP contribution in [-0.2, 0) is 4.79 Å². The van der Waals surface area contributed by atoms with Gasteiger partial charge in [0.1, 0.15) is 6.04 Å². The molecule has 18 heavy (non-hydrogen) atoms. The van der Waals surface area contributed by atoms with E-state index in [-0.39, 0.29) is 18.9 Å². The van der Waals surface area contributed by atoms with E-state index in [9.17, 15) is 18.0 Å². The van der Waals surface area contributed by atoms with Crippen LogP contribution in [0.4, 0.5) is 13.2 Å². The number of alkyl halides is 3. The maximum absolute atomic E-state index is 13.0. The maximum Gasteiger partial charge on any atom is 0.404 e. The lowest BCUT2D eigenvalue weighted by Gasteiger charge is -2.40. The Morgan fingerprint density at radius 2 is 2.17 bits per heavy atom. The summed E-state index contributed by atoms with van der Waals surface area (Å²) >= 11 is 0. The summed E-state index contributed by atoms with van der Waals surface area (Å²) < 4.78 is 39.0. The average molecular weight is 267 g/mol. The fourth-order valence-electron chi connectivity index (χ4n) is 2.45. The van der Waals surface area contributed by atoms with Crippen LogP contribution in [0.2, 0.25) is 0 Å². The zero-order chi connectivity index (χ0) is 13.8. The first-order chi connectivity index (χ1) is 8.41. The Morgan fingerprint density at radius 3 is 2.67 bits per heavy atom. The molecule has 1 amide bonds. The Bertz CT molecular complexity index is 283. The Balaban J connectivity index is 2.88. The molecule has 0 radical (unpaired) electrons. The number of amides is 1. The number of carbonyl (C=O) groups excluding carboxylic acids is 1. The minimum absolute atomic E-state index is 0.0405. The molecule has 0 aromatic heterocycles. The fraction of sp³-hybridized carbons (Fsp3) is 0.909. The van der Waals surface area contributed by atoms with Crippen LogP contribution in [0.3, 0.4) is 0 Å². The molecular weight excluding hydrogens is 247 g/mol. The average Bonchev–Trinajstić information content (AvgIpc) is 2.33. The second kappa shape index (κ2) is 6.38. The quantitative estimate of drug-likeness (QED) is 0.794. The van der Waals surface area contributed by atoms with Crippen molar-refractivity contribution in [3.8, 4) is 0 Å². The molecule has 0 aromatic carbocycles. The number of likely N-dealkylation sites (tertiary alicyclic amines) is 1. The van der Waals surface area contributed by atoms with Gasteiger partial charge in [0.05, 0.1) is 6.04 Å². The first-order valence-electron chi connectivity index (χ1n) is 6.16. The zero-order valence-corrected chi connectivity index (χ0v) is 10.5. The van der Waals surface area contributed by atoms with Gasteiger partial charge in [-0.3, -0.25) is 9.69 Å². The predicted octanol–water partition coefficient (Wildman–Crippen LogP) is 0.867. The fourth-order valence-corrected chi connectivity index (χ4v) is 2.45. The molecule has 0 aliphatic carbocycles. The molecule has 1 saturated heterocycles. The Morgan fingerprint density at radius 1 is 1.50 bits per heavy atom. The summed E-state index contributed by atoms with van der Waals surface area (Å²) in [4.78, 5) is 12.9. The van der Waals surface area contributed by atoms with Crippen molar-refractivity contribution < 1.29 is 18.0 Å². The van der Waals surface area contributed by atoms with Crippen molar-refractivity contribution >= 4 is 5.91 Å². The third-order valence-electron chi connectivity index (χ3n) is 3.31. The van der Waals surface area contributed by atoms with Crippen molar-refractivity contribution in [2.75, 3.05) is 20.1 Å². The highest BCUT2D eigenvalue weighted by Crippen LogP contribution is 2.31. The molecule has 0 bridgehead atoms. The number of likely N-dealkylation sites (N-methyl/N-ethyl adjacent to an activating group) is 1. The van der Waals surface area contributed by atoms with Gasteiger partial charge < -0.3 is 11.1 Å². The van der Waals surface area contributed by atoms with Crippen LogP contribution in [0.1, 0.15) is 25.7 Å². The molecular formula is C11H20F3N3O. The monoisotopic (exact) mass is 267 g/mol. The molecule has 1 fully saturated rings. The SMILES string of the molecule is CNC(=O)C1CCCCN1C(CCN)C(F)(F)F. The van der Waals surface area contributed by atoms with Crippen LogP contribution in [0.5, 0.6) is 0 Å². The normalized spacial score (nSPS) is 23.7. The van der Waals surface area contributed by atoms with E-state index < -0.39 is 18.3 Å². The zero-order valence-electron chi connectivity index (χ0n) is 10.5. The number of nitrogens with two attached hydrogens (primary N) is 1. The number of rotatable bonds is 4. The van der Waals surface area contributed by atoms with Gasteiger partial charge in [0.2, 0.25) is 5.91 Å². The van der Waals surface area contributed by atoms with Crippen molar-refractivity contribution in [1.29, 1.82) is 0 Å². The summed E-state index contributed by atoms with van der Waals surface area (Å²) in [5.74, 6) is -0.346. The topological polar surface area (TPSA) is 58.4 Å². The largest absolute Gasteiger partial charge is 0.404 e. The molecule has 106 valence electrons. The molecule has 0 aromatic rings. The van der Waals surface area contributed by atoms with E-state index in [1.807, 2.05) is 0 Å². The molecule has 7 heteroatoms. The summed E-state index contributed by atoms with van der Waals surface area (Å²) in [6, 6.07) is -2.31. The smallest absolute Gasteiger partial charge is 0.358 e. The third-order valence-corrected chi connectivity index (χ3v) is 3.31. The summed E-state index contributed by atoms with van der Waals surface area (Å²) in [7, 11) is 1.45. The van der Waals surface area contributed by atoms with Crippen LogP contribution in [0, 0.1) is 0 Å². The van der Waals surface area contributed by atoms with Crippen molar-refractivity contribution in [2.24, 2.45) is 5.73 Å².